The van der Waals surface area contributed by atoms with Gasteiger partial charge in [0.2, 0.25) is 0 Å². The van der Waals surface area contributed by atoms with E-state index in [9.17, 15) is 42.4 Å². The van der Waals surface area contributed by atoms with Crippen molar-refractivity contribution < 1.29 is 37.6 Å². The Labute approximate surface area is 298 Å². The first-order valence-electron chi connectivity index (χ1n) is 14.6. The van der Waals surface area contributed by atoms with Gasteiger partial charge >= 0.3 is 11.9 Å². The smallest absolute Gasteiger partial charge is 0.323 e. The Morgan fingerprint density at radius 2 is 1.72 bits per heavy atom. The second-order valence-electron chi connectivity index (χ2n) is 10.8. The fraction of sp³-hybridized carbons (Fsp3) is 0.188. The molecule has 1 amide bonds. The Morgan fingerprint density at radius 3 is 2.36 bits per heavy atom. The highest BCUT2D eigenvalue weighted by Gasteiger charge is 2.35. The molecule has 1 saturated heterocycles. The summed E-state index contributed by atoms with van der Waals surface area (Å²) in [4.78, 5) is 58.0. The number of nitrogens with zero attached hydrogens (tertiary/aromatic N) is 5. The Bertz CT molecular complexity index is 2320. The highest BCUT2D eigenvalue weighted by molar-refractivity contribution is 8.30. The molecular weight excluding hydrogens is 727 g/mol. The van der Waals surface area contributed by atoms with E-state index in [-0.39, 0.29) is 31.4 Å². The van der Waals surface area contributed by atoms with Crippen LogP contribution >= 0.6 is 35.3 Å². The van der Waals surface area contributed by atoms with Gasteiger partial charge in [-0.2, -0.15) is 8.42 Å². The lowest BCUT2D eigenvalue weighted by atomic mass is 10.1. The van der Waals surface area contributed by atoms with E-state index in [4.69, 9.17) is 18.8 Å². The van der Waals surface area contributed by atoms with Crippen LogP contribution < -0.4 is 24.6 Å². The van der Waals surface area contributed by atoms with E-state index < -0.39 is 52.4 Å². The van der Waals surface area contributed by atoms with Gasteiger partial charge in [-0.1, -0.05) is 66.5 Å². The van der Waals surface area contributed by atoms with Crippen LogP contribution in [0.2, 0.25) is 0 Å². The summed E-state index contributed by atoms with van der Waals surface area (Å²) in [6.45, 7) is 6.19. The Balaban J connectivity index is 1.68. The monoisotopic (exact) mass is 753 g/mol. The topological polar surface area (TPSA) is 182 Å². The van der Waals surface area contributed by atoms with Crippen molar-refractivity contribution in [3.63, 3.8) is 0 Å². The van der Waals surface area contributed by atoms with Gasteiger partial charge in [-0.3, -0.25) is 33.2 Å². The number of hydrogen-bond donors (Lipinski definition) is 3. The number of rotatable bonds is 11. The number of hydrogen-bond acceptors (Lipinski definition) is 11. The van der Waals surface area contributed by atoms with Gasteiger partial charge in [0.1, 0.15) is 32.8 Å². The molecule has 18 heteroatoms. The molecule has 0 unspecified atom stereocenters. The zero-order valence-corrected chi connectivity index (χ0v) is 29.3. The molecule has 3 N–H and O–H groups in total. The second-order valence-corrected chi connectivity index (χ2v) is 15.1. The van der Waals surface area contributed by atoms with Crippen molar-refractivity contribution in [3.8, 4) is 0 Å². The molecule has 0 radical (unpaired) electrons. The van der Waals surface area contributed by atoms with Crippen LogP contribution in [0.25, 0.3) is 21.4 Å². The zero-order chi connectivity index (χ0) is 36.3. The number of aromatic nitrogens is 1. The number of carbonyl (C=O) groups is 3. The molecule has 3 heterocycles. The molecule has 2 aromatic carbocycles. The van der Waals surface area contributed by atoms with Gasteiger partial charge in [0.15, 0.2) is 5.69 Å². The molecular formula is C32H27N5O9S4. The molecule has 2 aliphatic heterocycles. The van der Waals surface area contributed by atoms with Gasteiger partial charge in [-0.15, -0.1) is 11.3 Å². The third-order valence-corrected chi connectivity index (χ3v) is 11.0. The molecule has 0 aliphatic carbocycles. The average molecular weight is 754 g/mol. The molecule has 3 aromatic rings. The normalized spacial score (nSPS) is 17.1. The van der Waals surface area contributed by atoms with Crippen LogP contribution in [-0.2, 0) is 31.0 Å². The number of thiazole rings is 1. The molecule has 14 nitrogen and oxygen atoms in total. The average Bonchev–Trinajstić information content (AvgIpc) is 3.61. The summed E-state index contributed by atoms with van der Waals surface area (Å²) >= 11 is 6.86. The first-order chi connectivity index (χ1) is 23.7. The lowest BCUT2D eigenvalue weighted by Gasteiger charge is -2.22. The number of aliphatic carboxylic acids is 2. The fourth-order valence-electron chi connectivity index (χ4n) is 5.28. The zero-order valence-electron chi connectivity index (χ0n) is 26.0. The van der Waals surface area contributed by atoms with Gasteiger partial charge in [-0.25, -0.2) is 4.85 Å². The Morgan fingerprint density at radius 1 is 1.02 bits per heavy atom. The maximum absolute atomic E-state index is 13.7. The van der Waals surface area contributed by atoms with Gasteiger partial charge in [-0.05, 0) is 41.8 Å². The van der Waals surface area contributed by atoms with Crippen LogP contribution in [0.1, 0.15) is 12.0 Å². The van der Waals surface area contributed by atoms with Gasteiger partial charge in [0, 0.05) is 13.6 Å². The van der Waals surface area contributed by atoms with Crippen molar-refractivity contribution in [2.75, 3.05) is 35.7 Å². The molecule has 2 aliphatic rings. The van der Waals surface area contributed by atoms with E-state index in [1.807, 2.05) is 9.80 Å². The number of amides is 1. The summed E-state index contributed by atoms with van der Waals surface area (Å²) in [5, 5.41) is 18.8. The third-order valence-electron chi connectivity index (χ3n) is 7.49. The summed E-state index contributed by atoms with van der Waals surface area (Å²) in [5.41, 5.74) is 2.30. The molecule has 5 rings (SSSR count). The van der Waals surface area contributed by atoms with Crippen molar-refractivity contribution in [1.82, 2.24) is 9.47 Å². The van der Waals surface area contributed by atoms with E-state index >= 15 is 0 Å². The van der Waals surface area contributed by atoms with E-state index in [0.29, 0.717) is 28.3 Å². The van der Waals surface area contributed by atoms with Crippen LogP contribution in [-0.4, -0.2) is 80.7 Å². The van der Waals surface area contributed by atoms with E-state index in [2.05, 4.69) is 4.85 Å². The lowest BCUT2D eigenvalue weighted by Crippen LogP contribution is -2.36. The summed E-state index contributed by atoms with van der Waals surface area (Å²) in [7, 11) is -2.42. The summed E-state index contributed by atoms with van der Waals surface area (Å²) in [6.07, 6.45) is 5.12. The molecule has 0 spiro atoms. The quantitative estimate of drug-likeness (QED) is 0.148. The molecule has 50 heavy (non-hydrogen) atoms. The predicted molar refractivity (Wildman–Crippen MR) is 195 cm³/mol. The summed E-state index contributed by atoms with van der Waals surface area (Å²) < 4.78 is 33.3. The number of thiocarbonyl (C=S) groups is 1. The molecule has 0 bridgehead atoms. The van der Waals surface area contributed by atoms with E-state index in [1.54, 1.807) is 73.8 Å². The van der Waals surface area contributed by atoms with Gasteiger partial charge in [0.05, 0.1) is 28.2 Å². The van der Waals surface area contributed by atoms with E-state index in [0.717, 1.165) is 38.3 Å². The van der Waals surface area contributed by atoms with Crippen LogP contribution in [0.3, 0.4) is 0 Å². The molecule has 1 fully saturated rings. The van der Waals surface area contributed by atoms with Crippen molar-refractivity contribution in [2.45, 2.75) is 13.0 Å². The van der Waals surface area contributed by atoms with Crippen molar-refractivity contribution >= 4 is 101 Å². The minimum Gasteiger partial charge on any atom is -0.480 e. The van der Waals surface area contributed by atoms with Crippen molar-refractivity contribution in [3.05, 3.63) is 103 Å². The highest BCUT2D eigenvalue weighted by atomic mass is 32.2. The largest absolute Gasteiger partial charge is 0.480 e. The summed E-state index contributed by atoms with van der Waals surface area (Å²) in [6, 6.07) is 14.1. The van der Waals surface area contributed by atoms with Crippen LogP contribution in [0.5, 0.6) is 0 Å². The standard InChI is InChI=1S/C32H27N5O9S4/c1-33-21-10-11-22-23(16-21)35(13-6-14-50(44,45)46)25(34(22)2)12-9-20(19-7-4-3-5-8-19)15-24-29(42)36(17-26(38)39)31(48-24)28-30(43)37(18-27(40)41)32(47)49-28/h3-5,7-12,15-16H,6,13-14,17-18H2,2H3,(H,38,39)(H,40,41)(H,44,45,46)/b20-9?,24-15?,25-12?,31-28+. The third kappa shape index (κ3) is 7.87. The maximum atomic E-state index is 13.7. The highest BCUT2D eigenvalue weighted by Crippen LogP contribution is 2.43. The SMILES string of the molecule is [C-]#[N+]c1ccc2c(c1)N(CCCS(=O)(=O)O)C(=CC=C(C=c1s/c(=C3/SC(=S)N(CC(=O)O)C3=O)n(CC(=O)O)c1=O)c1ccccc1)N2C. The van der Waals surface area contributed by atoms with E-state index in [1.165, 1.54) is 0 Å². The Hall–Kier alpha value is -5.06. The molecule has 0 atom stereocenters. The first kappa shape index (κ1) is 36.2. The number of fused-ring (bicyclic) bond motifs is 1. The molecule has 0 saturated carbocycles. The number of carbonyl (C=O) groups excluding carboxylic acids is 1. The number of benzene rings is 2. The van der Waals surface area contributed by atoms with Gasteiger partial charge in [0.25, 0.3) is 21.6 Å². The van der Waals surface area contributed by atoms with Crippen molar-refractivity contribution in [1.29, 1.82) is 0 Å². The summed E-state index contributed by atoms with van der Waals surface area (Å²) in [5.74, 6) is -3.25. The van der Waals surface area contributed by atoms with Crippen LogP contribution in [0.15, 0.2) is 71.3 Å². The number of carboxylic acids is 2. The number of thioether (sulfide) groups is 1. The minimum atomic E-state index is -4.22. The number of anilines is 2. The fourth-order valence-corrected chi connectivity index (χ4v) is 8.28. The minimum absolute atomic E-state index is 0.0197. The molecule has 258 valence electrons. The van der Waals surface area contributed by atoms with Gasteiger partial charge < -0.3 is 20.0 Å². The predicted octanol–water partition coefficient (Wildman–Crippen LogP) is 2.54. The Kier molecular flexibility index (Phi) is 10.7. The van der Waals surface area contributed by atoms with Crippen molar-refractivity contribution in [2.24, 2.45) is 0 Å². The molecule has 1 aromatic heterocycles. The number of carboxylic acid groups (broad SMARTS) is 2. The van der Waals surface area contributed by atoms with Crippen LogP contribution in [0.4, 0.5) is 17.1 Å². The second kappa shape index (κ2) is 14.8. The number of allylic oxidation sites excluding steroid dienone is 3. The maximum Gasteiger partial charge on any atom is 0.323 e. The first-order valence-corrected chi connectivity index (χ1v) is 18.2. The lowest BCUT2D eigenvalue weighted by molar-refractivity contribution is -0.140. The van der Waals surface area contributed by atoms with Crippen LogP contribution in [0, 0.1) is 6.57 Å².